The summed E-state index contributed by atoms with van der Waals surface area (Å²) < 4.78 is 1.59. The smallest absolute Gasteiger partial charge is 0.290 e. The van der Waals surface area contributed by atoms with Gasteiger partial charge in [0, 0.05) is 34.5 Å². The average Bonchev–Trinajstić information content (AvgIpc) is 2.74. The van der Waals surface area contributed by atoms with Crippen molar-refractivity contribution in [3.05, 3.63) is 88.7 Å². The molecule has 2 N–H and O–H groups in total. The first-order valence-corrected chi connectivity index (χ1v) is 10.2. The zero-order chi connectivity index (χ0) is 21.5. The maximum atomic E-state index is 12.5. The molecule has 0 aliphatic carbocycles. The second-order valence-corrected chi connectivity index (χ2v) is 7.18. The van der Waals surface area contributed by atoms with Crippen molar-refractivity contribution in [1.82, 2.24) is 0 Å². The highest BCUT2D eigenvalue weighted by Gasteiger charge is 2.15. The van der Waals surface area contributed by atoms with Crippen molar-refractivity contribution >= 4 is 40.6 Å². The van der Waals surface area contributed by atoms with E-state index in [1.165, 1.54) is 24.3 Å². The molecule has 31 heavy (non-hydrogen) atoms. The Labute approximate surface area is 189 Å². The standard InChI is InChI=1S/C21H18N4O4S.ClH/c1-30-19-10-6-17(7-11-19)23-21(27)15-3-2-12-24(13-15)14-20(26)22-16-4-8-18(9-5-16)25(28)29;/h2-13H,14H2,1H3,(H-,22,23,26,27);1H. The Morgan fingerprint density at radius 1 is 1.00 bits per heavy atom. The average molecular weight is 459 g/mol. The number of nitrogens with one attached hydrogen (secondary N) is 2. The predicted molar refractivity (Wildman–Crippen MR) is 115 cm³/mol. The first-order chi connectivity index (χ1) is 14.4. The van der Waals surface area contributed by atoms with Crippen LogP contribution in [0.5, 0.6) is 0 Å². The van der Waals surface area contributed by atoms with E-state index < -0.39 is 4.92 Å². The number of anilines is 2. The molecule has 160 valence electrons. The van der Waals surface area contributed by atoms with Crippen molar-refractivity contribution < 1.29 is 31.5 Å². The number of nitro groups is 1. The van der Waals surface area contributed by atoms with E-state index in [1.807, 2.05) is 30.5 Å². The third kappa shape index (κ3) is 6.80. The number of aromatic nitrogens is 1. The van der Waals surface area contributed by atoms with Crippen molar-refractivity contribution in [2.24, 2.45) is 0 Å². The van der Waals surface area contributed by atoms with Crippen LogP contribution in [0.2, 0.25) is 0 Å². The van der Waals surface area contributed by atoms with Gasteiger partial charge in [0.05, 0.1) is 4.92 Å². The quantitative estimate of drug-likeness (QED) is 0.232. The van der Waals surface area contributed by atoms with Crippen LogP contribution in [0.15, 0.2) is 78.0 Å². The number of halogens is 1. The van der Waals surface area contributed by atoms with Gasteiger partial charge >= 0.3 is 0 Å². The number of rotatable bonds is 7. The van der Waals surface area contributed by atoms with Crippen LogP contribution in [0.1, 0.15) is 10.4 Å². The van der Waals surface area contributed by atoms with Gasteiger partial charge in [0.25, 0.3) is 17.5 Å². The number of thioether (sulfide) groups is 1. The van der Waals surface area contributed by atoms with Gasteiger partial charge in [0.2, 0.25) is 6.54 Å². The molecule has 3 aromatic rings. The van der Waals surface area contributed by atoms with E-state index in [0.29, 0.717) is 16.9 Å². The van der Waals surface area contributed by atoms with E-state index in [0.717, 1.165) is 4.90 Å². The Morgan fingerprint density at radius 3 is 2.23 bits per heavy atom. The van der Waals surface area contributed by atoms with Gasteiger partial charge < -0.3 is 23.0 Å². The summed E-state index contributed by atoms with van der Waals surface area (Å²) in [5.41, 5.74) is 1.50. The number of benzene rings is 2. The molecule has 0 atom stereocenters. The molecule has 8 nitrogen and oxygen atoms in total. The minimum absolute atomic E-state index is 0. The zero-order valence-corrected chi connectivity index (χ0v) is 18.0. The van der Waals surface area contributed by atoms with Gasteiger partial charge in [-0.25, -0.2) is 0 Å². The summed E-state index contributed by atoms with van der Waals surface area (Å²) in [7, 11) is 0. The second-order valence-electron chi connectivity index (χ2n) is 6.30. The zero-order valence-electron chi connectivity index (χ0n) is 16.4. The maximum absolute atomic E-state index is 12.5. The van der Waals surface area contributed by atoms with Crippen LogP contribution < -0.4 is 27.6 Å². The van der Waals surface area contributed by atoms with Crippen LogP contribution in [0, 0.1) is 10.1 Å². The summed E-state index contributed by atoms with van der Waals surface area (Å²) >= 11 is 1.62. The van der Waals surface area contributed by atoms with Crippen molar-refractivity contribution in [3.8, 4) is 0 Å². The van der Waals surface area contributed by atoms with Gasteiger partial charge in [0.15, 0.2) is 12.4 Å². The highest BCUT2D eigenvalue weighted by atomic mass is 35.5. The summed E-state index contributed by atoms with van der Waals surface area (Å²) in [5, 5.41) is 16.2. The lowest BCUT2D eigenvalue weighted by Crippen LogP contribution is -3.00. The van der Waals surface area contributed by atoms with Gasteiger partial charge in [-0.2, -0.15) is 4.57 Å². The number of pyridine rings is 1. The Morgan fingerprint density at radius 2 is 1.61 bits per heavy atom. The number of carbonyl (C=O) groups is 2. The molecule has 1 heterocycles. The lowest BCUT2D eigenvalue weighted by molar-refractivity contribution is -0.684. The fraction of sp³-hybridized carbons (Fsp3) is 0.0952. The minimum Gasteiger partial charge on any atom is -1.00 e. The third-order valence-electron chi connectivity index (χ3n) is 4.16. The van der Waals surface area contributed by atoms with Crippen molar-refractivity contribution in [2.45, 2.75) is 11.4 Å². The fourth-order valence-electron chi connectivity index (χ4n) is 2.67. The monoisotopic (exact) mass is 458 g/mol. The van der Waals surface area contributed by atoms with Gasteiger partial charge in [-0.15, -0.1) is 11.8 Å². The molecule has 10 heteroatoms. The number of amides is 2. The van der Waals surface area contributed by atoms with Crippen molar-refractivity contribution in [3.63, 3.8) is 0 Å². The van der Waals surface area contributed by atoms with E-state index in [2.05, 4.69) is 10.6 Å². The summed E-state index contributed by atoms with van der Waals surface area (Å²) in [4.78, 5) is 36.0. The molecule has 0 aliphatic heterocycles. The fourth-order valence-corrected chi connectivity index (χ4v) is 3.07. The second kappa shape index (κ2) is 11.1. The Kier molecular flexibility index (Phi) is 8.53. The molecule has 0 saturated heterocycles. The normalized spacial score (nSPS) is 9.97. The van der Waals surface area contributed by atoms with Crippen molar-refractivity contribution in [1.29, 1.82) is 0 Å². The van der Waals surface area contributed by atoms with Crippen LogP contribution in [-0.4, -0.2) is 23.0 Å². The van der Waals surface area contributed by atoms with E-state index in [9.17, 15) is 19.7 Å². The van der Waals surface area contributed by atoms with Crippen LogP contribution in [0.4, 0.5) is 17.1 Å². The first kappa shape index (κ1) is 23.8. The maximum Gasteiger partial charge on any atom is 0.290 e. The lowest BCUT2D eigenvalue weighted by Gasteiger charge is -2.06. The van der Waals surface area contributed by atoms with Gasteiger partial charge in [0.1, 0.15) is 5.56 Å². The molecule has 3 rings (SSSR count). The molecule has 0 bridgehead atoms. The topological polar surface area (TPSA) is 105 Å². The van der Waals surface area contributed by atoms with E-state index in [1.54, 1.807) is 40.9 Å². The highest BCUT2D eigenvalue weighted by molar-refractivity contribution is 7.98. The van der Waals surface area contributed by atoms with E-state index >= 15 is 0 Å². The van der Waals surface area contributed by atoms with Crippen LogP contribution >= 0.6 is 11.8 Å². The predicted octanol–water partition coefficient (Wildman–Crippen LogP) is 0.499. The lowest BCUT2D eigenvalue weighted by atomic mass is 10.2. The molecule has 0 saturated carbocycles. The highest BCUT2D eigenvalue weighted by Crippen LogP contribution is 2.18. The van der Waals surface area contributed by atoms with Gasteiger partial charge in [-0.1, -0.05) is 0 Å². The molecule has 0 aliphatic rings. The number of non-ortho nitro benzene ring substituents is 1. The molecule has 0 radical (unpaired) electrons. The largest absolute Gasteiger partial charge is 1.00 e. The number of hydrogen-bond acceptors (Lipinski definition) is 5. The molecule has 1 aromatic heterocycles. The molecular weight excluding hydrogens is 440 g/mol. The number of hydrogen-bond donors (Lipinski definition) is 2. The van der Waals surface area contributed by atoms with Gasteiger partial charge in [-0.3, -0.25) is 19.7 Å². The van der Waals surface area contributed by atoms with Gasteiger partial charge in [-0.05, 0) is 48.7 Å². The minimum atomic E-state index is -0.505. The molecule has 2 amide bonds. The summed E-state index contributed by atoms with van der Waals surface area (Å²) in [6.07, 6.45) is 5.24. The summed E-state index contributed by atoms with van der Waals surface area (Å²) in [5.74, 6) is -0.601. The number of nitro benzene ring substituents is 1. The first-order valence-electron chi connectivity index (χ1n) is 8.93. The van der Waals surface area contributed by atoms with E-state index in [4.69, 9.17) is 0 Å². The molecule has 0 fully saturated rings. The summed E-state index contributed by atoms with van der Waals surface area (Å²) in [6.45, 7) is -0.0134. The van der Waals surface area contributed by atoms with Crippen LogP contribution in [0.3, 0.4) is 0 Å². The number of nitrogens with zero attached hydrogens (tertiary/aromatic N) is 2. The number of carbonyl (C=O) groups excluding carboxylic acids is 2. The molecule has 0 spiro atoms. The van der Waals surface area contributed by atoms with E-state index in [-0.39, 0.29) is 36.5 Å². The Bertz CT molecular complexity index is 1080. The molecule has 2 aromatic carbocycles. The van der Waals surface area contributed by atoms with Crippen LogP contribution in [0.25, 0.3) is 0 Å². The molecule has 0 unspecified atom stereocenters. The van der Waals surface area contributed by atoms with Crippen LogP contribution in [-0.2, 0) is 11.3 Å². The third-order valence-corrected chi connectivity index (χ3v) is 4.90. The van der Waals surface area contributed by atoms with Crippen molar-refractivity contribution in [2.75, 3.05) is 16.9 Å². The Hall–Kier alpha value is -3.43. The Balaban J connectivity index is 0.00000341. The summed E-state index contributed by atoms with van der Waals surface area (Å²) in [6, 6.07) is 16.4. The molecular formula is C21H19ClN4O4S. The SMILES string of the molecule is CSc1ccc(NC(=O)c2ccc[n+](CC(=O)Nc3ccc([N+](=O)[O-])cc3)c2)cc1.[Cl-].